The lowest BCUT2D eigenvalue weighted by molar-refractivity contribution is -0.134. The van der Waals surface area contributed by atoms with Crippen LogP contribution in [-0.4, -0.2) is 24.2 Å². The molecular formula is C13H13N3O3. The molecule has 0 aromatic heterocycles. The third-order valence-corrected chi connectivity index (χ3v) is 2.07. The van der Waals surface area contributed by atoms with Crippen LogP contribution in [0.1, 0.15) is 13.8 Å². The van der Waals surface area contributed by atoms with Crippen molar-refractivity contribution in [1.82, 2.24) is 0 Å². The molecule has 0 atom stereocenters. The fraction of sp³-hybridized carbons (Fsp3) is 0.231. The van der Waals surface area contributed by atoms with Gasteiger partial charge in [-0.15, -0.1) is 5.10 Å². The number of anilines is 1. The molecule has 0 aliphatic carbocycles. The van der Waals surface area contributed by atoms with Crippen molar-refractivity contribution in [2.24, 2.45) is 5.10 Å². The van der Waals surface area contributed by atoms with E-state index in [-0.39, 0.29) is 6.61 Å². The number of nitriles is 1. The summed E-state index contributed by atoms with van der Waals surface area (Å²) in [6.07, 6.45) is 0. The van der Waals surface area contributed by atoms with Gasteiger partial charge in [-0.1, -0.05) is 18.2 Å². The van der Waals surface area contributed by atoms with Crippen LogP contribution in [0, 0.1) is 11.3 Å². The van der Waals surface area contributed by atoms with E-state index in [9.17, 15) is 9.59 Å². The number of benzene rings is 1. The molecule has 0 saturated carbocycles. The van der Waals surface area contributed by atoms with E-state index in [4.69, 9.17) is 5.26 Å². The van der Waals surface area contributed by atoms with E-state index >= 15 is 0 Å². The van der Waals surface area contributed by atoms with E-state index in [2.05, 4.69) is 9.84 Å². The van der Waals surface area contributed by atoms with E-state index in [1.807, 2.05) is 0 Å². The Labute approximate surface area is 110 Å². The highest BCUT2D eigenvalue weighted by atomic mass is 16.5. The van der Waals surface area contributed by atoms with Crippen LogP contribution in [-0.2, 0) is 14.3 Å². The van der Waals surface area contributed by atoms with Gasteiger partial charge in [0.25, 0.3) is 0 Å². The Kier molecular flexibility index (Phi) is 5.23. The number of nitrogens with zero attached hydrogens (tertiary/aromatic N) is 3. The molecule has 19 heavy (non-hydrogen) atoms. The normalized spacial score (nSPS) is 10.5. The second-order valence-corrected chi connectivity index (χ2v) is 3.45. The van der Waals surface area contributed by atoms with Gasteiger partial charge >= 0.3 is 5.97 Å². The SMILES string of the molecule is CCOC(=O)/C(C#N)=N/N(C(C)=O)c1ccccc1. The van der Waals surface area contributed by atoms with Gasteiger partial charge in [0.15, 0.2) is 0 Å². The molecule has 0 aliphatic rings. The van der Waals surface area contributed by atoms with Crippen molar-refractivity contribution < 1.29 is 14.3 Å². The zero-order chi connectivity index (χ0) is 14.3. The van der Waals surface area contributed by atoms with Crippen LogP contribution in [0.2, 0.25) is 0 Å². The number of carbonyl (C=O) groups is 2. The highest BCUT2D eigenvalue weighted by molar-refractivity contribution is 6.43. The number of hydrogen-bond acceptors (Lipinski definition) is 5. The number of hydrogen-bond donors (Lipinski definition) is 0. The predicted octanol–water partition coefficient (Wildman–Crippen LogP) is 1.48. The Balaban J connectivity index is 3.11. The fourth-order valence-electron chi connectivity index (χ4n) is 1.29. The molecule has 0 aliphatic heterocycles. The Morgan fingerprint density at radius 1 is 1.37 bits per heavy atom. The van der Waals surface area contributed by atoms with Crippen LogP contribution in [0.15, 0.2) is 35.4 Å². The number of ether oxygens (including phenoxy) is 1. The van der Waals surface area contributed by atoms with Crippen LogP contribution < -0.4 is 5.01 Å². The number of esters is 1. The molecule has 0 bridgehead atoms. The Morgan fingerprint density at radius 2 is 2.00 bits per heavy atom. The average molecular weight is 259 g/mol. The summed E-state index contributed by atoms with van der Waals surface area (Å²) in [5.41, 5.74) is -0.00653. The second-order valence-electron chi connectivity index (χ2n) is 3.45. The molecule has 0 spiro atoms. The molecule has 0 heterocycles. The highest BCUT2D eigenvalue weighted by Crippen LogP contribution is 2.14. The Hall–Kier alpha value is -2.68. The van der Waals surface area contributed by atoms with Gasteiger partial charge in [0.2, 0.25) is 11.6 Å². The first-order valence-corrected chi connectivity index (χ1v) is 5.61. The molecule has 0 saturated heterocycles. The minimum atomic E-state index is -0.854. The lowest BCUT2D eigenvalue weighted by Crippen LogP contribution is -2.27. The van der Waals surface area contributed by atoms with Gasteiger partial charge < -0.3 is 4.74 Å². The molecule has 6 nitrogen and oxygen atoms in total. The number of rotatable bonds is 4. The van der Waals surface area contributed by atoms with Crippen LogP contribution in [0.3, 0.4) is 0 Å². The summed E-state index contributed by atoms with van der Waals surface area (Å²) in [4.78, 5) is 23.0. The molecule has 1 amide bonds. The number of para-hydroxylation sites is 1. The minimum absolute atomic E-state index is 0.130. The third kappa shape index (κ3) is 3.92. The van der Waals surface area contributed by atoms with Crippen molar-refractivity contribution in [3.05, 3.63) is 30.3 Å². The van der Waals surface area contributed by atoms with Crippen molar-refractivity contribution in [2.75, 3.05) is 11.6 Å². The molecule has 98 valence electrons. The first-order chi connectivity index (χ1) is 9.10. The maximum atomic E-state index is 11.5. The molecule has 1 rings (SSSR count). The van der Waals surface area contributed by atoms with E-state index in [1.165, 1.54) is 6.92 Å². The van der Waals surface area contributed by atoms with Crippen molar-refractivity contribution in [3.63, 3.8) is 0 Å². The zero-order valence-corrected chi connectivity index (χ0v) is 10.7. The summed E-state index contributed by atoms with van der Waals surface area (Å²) in [5, 5.41) is 13.6. The van der Waals surface area contributed by atoms with Gasteiger partial charge in [0.05, 0.1) is 12.3 Å². The summed E-state index contributed by atoms with van der Waals surface area (Å²) >= 11 is 0. The first-order valence-electron chi connectivity index (χ1n) is 5.61. The summed E-state index contributed by atoms with van der Waals surface area (Å²) < 4.78 is 4.68. The van der Waals surface area contributed by atoms with Crippen LogP contribution in [0.4, 0.5) is 5.69 Å². The minimum Gasteiger partial charge on any atom is -0.461 e. The maximum absolute atomic E-state index is 11.5. The summed E-state index contributed by atoms with van der Waals surface area (Å²) in [6.45, 7) is 3.04. The second kappa shape index (κ2) is 6.91. The van der Waals surface area contributed by atoms with Crippen molar-refractivity contribution >= 4 is 23.3 Å². The molecular weight excluding hydrogens is 246 g/mol. The van der Waals surface area contributed by atoms with Crippen molar-refractivity contribution in [1.29, 1.82) is 5.26 Å². The van der Waals surface area contributed by atoms with Crippen LogP contribution in [0.25, 0.3) is 0 Å². The van der Waals surface area contributed by atoms with E-state index < -0.39 is 17.6 Å². The monoisotopic (exact) mass is 259 g/mol. The van der Waals surface area contributed by atoms with Crippen LogP contribution >= 0.6 is 0 Å². The molecule has 0 fully saturated rings. The maximum Gasteiger partial charge on any atom is 0.369 e. The zero-order valence-electron chi connectivity index (χ0n) is 10.7. The van der Waals surface area contributed by atoms with Gasteiger partial charge in [-0.3, -0.25) is 4.79 Å². The van der Waals surface area contributed by atoms with E-state index in [0.29, 0.717) is 5.69 Å². The lowest BCUT2D eigenvalue weighted by atomic mass is 10.3. The quantitative estimate of drug-likeness (QED) is 0.466. The third-order valence-electron chi connectivity index (χ3n) is 2.07. The topological polar surface area (TPSA) is 82.8 Å². The van der Waals surface area contributed by atoms with Gasteiger partial charge in [-0.25, -0.2) is 4.79 Å². The summed E-state index contributed by atoms with van der Waals surface area (Å²) in [6, 6.07) is 10.1. The number of amides is 1. The number of carbonyl (C=O) groups excluding carboxylic acids is 2. The smallest absolute Gasteiger partial charge is 0.369 e. The fourth-order valence-corrected chi connectivity index (χ4v) is 1.29. The molecule has 0 N–H and O–H groups in total. The van der Waals surface area contributed by atoms with Crippen molar-refractivity contribution in [2.45, 2.75) is 13.8 Å². The average Bonchev–Trinajstić information content (AvgIpc) is 2.40. The van der Waals surface area contributed by atoms with Gasteiger partial charge in [0.1, 0.15) is 6.07 Å². The predicted molar refractivity (Wildman–Crippen MR) is 69.3 cm³/mol. The van der Waals surface area contributed by atoms with Crippen molar-refractivity contribution in [3.8, 4) is 6.07 Å². The van der Waals surface area contributed by atoms with E-state index in [0.717, 1.165) is 5.01 Å². The lowest BCUT2D eigenvalue weighted by Gasteiger charge is -2.15. The van der Waals surface area contributed by atoms with E-state index in [1.54, 1.807) is 43.3 Å². The molecule has 1 aromatic carbocycles. The first kappa shape index (κ1) is 14.4. The van der Waals surface area contributed by atoms with Crippen LogP contribution in [0.5, 0.6) is 0 Å². The van der Waals surface area contributed by atoms with Gasteiger partial charge in [-0.05, 0) is 19.1 Å². The number of hydrazone groups is 1. The molecule has 0 unspecified atom stereocenters. The molecule has 6 heteroatoms. The summed E-state index contributed by atoms with van der Waals surface area (Å²) in [5.74, 6) is -1.27. The largest absolute Gasteiger partial charge is 0.461 e. The Bertz CT molecular complexity index is 532. The van der Waals surface area contributed by atoms with Gasteiger partial charge in [-0.2, -0.15) is 10.3 Å². The van der Waals surface area contributed by atoms with Gasteiger partial charge in [0, 0.05) is 6.92 Å². The highest BCUT2D eigenvalue weighted by Gasteiger charge is 2.17. The summed E-state index contributed by atoms with van der Waals surface area (Å²) in [7, 11) is 0. The molecule has 1 aromatic rings. The Morgan fingerprint density at radius 3 is 2.47 bits per heavy atom. The molecule has 0 radical (unpaired) electrons. The standard InChI is InChI=1S/C13H13N3O3/c1-3-19-13(18)12(9-14)15-16(10(2)17)11-7-5-4-6-8-11/h4-8H,3H2,1-2H3/b15-12+.